The first-order valence-corrected chi connectivity index (χ1v) is 11.2. The minimum Gasteiger partial charge on any atom is -0.496 e. The molecule has 3 unspecified atom stereocenters. The predicted octanol–water partition coefficient (Wildman–Crippen LogP) is 3.47. The number of amides is 1. The number of methoxy groups -OCH3 is 1. The summed E-state index contributed by atoms with van der Waals surface area (Å²) in [4.78, 5) is 16.6. The zero-order chi connectivity index (χ0) is 23.9. The minimum atomic E-state index is -4.78. The molecule has 1 aromatic heterocycles. The van der Waals surface area contributed by atoms with Gasteiger partial charge in [-0.05, 0) is 31.5 Å². The second-order valence-corrected chi connectivity index (χ2v) is 9.57. The maximum Gasteiger partial charge on any atom is 0.417 e. The summed E-state index contributed by atoms with van der Waals surface area (Å²) in [6.45, 7) is 0.831. The number of aromatic nitrogens is 1. The van der Waals surface area contributed by atoms with Crippen molar-refractivity contribution in [2.45, 2.75) is 42.2 Å². The van der Waals surface area contributed by atoms with Gasteiger partial charge in [-0.15, -0.1) is 0 Å². The smallest absolute Gasteiger partial charge is 0.417 e. The molecule has 1 aromatic carbocycles. The molecule has 12 heteroatoms. The monoisotopic (exact) mass is 476 g/mol. The van der Waals surface area contributed by atoms with Crippen molar-refractivity contribution in [3.8, 4) is 5.75 Å². The van der Waals surface area contributed by atoms with Crippen molar-refractivity contribution in [3.05, 3.63) is 47.9 Å². The number of sulfone groups is 1. The van der Waals surface area contributed by atoms with Crippen molar-refractivity contribution < 1.29 is 40.2 Å². The van der Waals surface area contributed by atoms with E-state index in [0.29, 0.717) is 0 Å². The van der Waals surface area contributed by atoms with Crippen LogP contribution < -0.4 is 10.1 Å². The molecule has 2 heterocycles. The van der Waals surface area contributed by atoms with Crippen LogP contribution in [-0.2, 0) is 19.4 Å². The quantitative estimate of drug-likeness (QED) is 0.665. The summed E-state index contributed by atoms with van der Waals surface area (Å²) >= 11 is 0. The summed E-state index contributed by atoms with van der Waals surface area (Å²) in [5.41, 5.74) is -2.46. The molecule has 2 aromatic rings. The molecule has 7 nitrogen and oxygen atoms in total. The van der Waals surface area contributed by atoms with E-state index in [4.69, 9.17) is 9.47 Å². The predicted molar refractivity (Wildman–Crippen MR) is 106 cm³/mol. The van der Waals surface area contributed by atoms with Crippen molar-refractivity contribution in [2.75, 3.05) is 18.7 Å². The van der Waals surface area contributed by atoms with E-state index in [1.165, 1.54) is 19.2 Å². The Kier molecular flexibility index (Phi) is 6.22. The van der Waals surface area contributed by atoms with E-state index in [1.807, 2.05) is 0 Å². The van der Waals surface area contributed by atoms with E-state index in [-0.39, 0.29) is 22.0 Å². The van der Waals surface area contributed by atoms with Crippen molar-refractivity contribution in [1.29, 1.82) is 0 Å². The van der Waals surface area contributed by atoms with E-state index in [9.17, 15) is 30.8 Å². The molecule has 1 aliphatic rings. The van der Waals surface area contributed by atoms with E-state index < -0.39 is 51.8 Å². The van der Waals surface area contributed by atoms with Crippen LogP contribution in [0.3, 0.4) is 0 Å². The topological polar surface area (TPSA) is 94.6 Å². The third-order valence-corrected chi connectivity index (χ3v) is 6.18. The van der Waals surface area contributed by atoms with Crippen LogP contribution >= 0.6 is 0 Å². The first-order chi connectivity index (χ1) is 14.7. The molecule has 1 N–H and O–H groups in total. The third kappa shape index (κ3) is 4.70. The highest BCUT2D eigenvalue weighted by Gasteiger charge is 2.61. The van der Waals surface area contributed by atoms with Crippen LogP contribution in [-0.4, -0.2) is 50.6 Å². The maximum atomic E-state index is 13.7. The number of nitrogens with one attached hydrogen (secondary N) is 1. The van der Waals surface area contributed by atoms with Gasteiger partial charge in [-0.25, -0.2) is 17.8 Å². The van der Waals surface area contributed by atoms with Crippen LogP contribution in [0.1, 0.15) is 24.8 Å². The summed E-state index contributed by atoms with van der Waals surface area (Å²) in [6.07, 6.45) is -4.94. The Morgan fingerprint density at radius 2 is 1.97 bits per heavy atom. The first kappa shape index (κ1) is 23.9. The molecule has 1 fully saturated rings. The first-order valence-electron chi connectivity index (χ1n) is 9.30. The highest BCUT2D eigenvalue weighted by molar-refractivity contribution is 7.90. The van der Waals surface area contributed by atoms with Crippen molar-refractivity contribution in [3.63, 3.8) is 0 Å². The molecule has 3 atom stereocenters. The summed E-state index contributed by atoms with van der Waals surface area (Å²) in [7, 11) is -2.45. The number of carbonyl (C=O) groups excluding carboxylic acids is 1. The van der Waals surface area contributed by atoms with Crippen LogP contribution in [0, 0.1) is 5.82 Å². The lowest BCUT2D eigenvalue weighted by Gasteiger charge is -2.27. The fraction of sp³-hybridized carbons (Fsp3) is 0.400. The summed E-state index contributed by atoms with van der Waals surface area (Å²) in [6, 6.07) is 5.68. The van der Waals surface area contributed by atoms with Crippen LogP contribution in [0.2, 0.25) is 0 Å². The number of hydrogen-bond donors (Lipinski definition) is 1. The zero-order valence-electron chi connectivity index (χ0n) is 17.2. The van der Waals surface area contributed by atoms with Gasteiger partial charge in [-0.1, -0.05) is 6.07 Å². The Morgan fingerprint density at radius 1 is 1.28 bits per heavy atom. The highest BCUT2D eigenvalue weighted by Crippen LogP contribution is 2.51. The van der Waals surface area contributed by atoms with E-state index >= 15 is 0 Å². The van der Waals surface area contributed by atoms with Gasteiger partial charge < -0.3 is 14.8 Å². The van der Waals surface area contributed by atoms with Gasteiger partial charge >= 0.3 is 6.18 Å². The summed E-state index contributed by atoms with van der Waals surface area (Å²) in [5, 5.41) is 2.06. The molecule has 0 aliphatic carbocycles. The Balaban J connectivity index is 1.99. The largest absolute Gasteiger partial charge is 0.496 e. The number of anilines is 1. The zero-order valence-corrected chi connectivity index (χ0v) is 18.1. The molecule has 32 heavy (non-hydrogen) atoms. The van der Waals surface area contributed by atoms with Crippen LogP contribution in [0.15, 0.2) is 41.6 Å². The molecule has 0 bridgehead atoms. The van der Waals surface area contributed by atoms with Gasteiger partial charge in [0.05, 0.1) is 7.11 Å². The standard InChI is InChI=1S/C20H20F4N2O5S/c1-19(20(22,23)24)10-14(13-5-4-11(21)8-15(13)30-2)17(31-19)18(27)26-12-6-7-25-16(9-12)32(3,28)29/h4-9,14,17H,10H2,1-3H3,(H,25,26,27). The van der Waals surface area contributed by atoms with Gasteiger partial charge in [0.2, 0.25) is 0 Å². The number of ether oxygens (including phenoxy) is 2. The number of nitrogens with zero attached hydrogens (tertiary/aromatic N) is 1. The highest BCUT2D eigenvalue weighted by atomic mass is 32.2. The average Bonchev–Trinajstić information content (AvgIpc) is 3.06. The van der Waals surface area contributed by atoms with Gasteiger partial charge in [0.15, 0.2) is 20.5 Å². The second kappa shape index (κ2) is 8.32. The Bertz CT molecular complexity index is 1140. The molecule has 0 radical (unpaired) electrons. The van der Waals surface area contributed by atoms with E-state index in [2.05, 4.69) is 10.3 Å². The normalized spacial score (nSPS) is 23.7. The second-order valence-electron chi connectivity index (χ2n) is 7.61. The van der Waals surface area contributed by atoms with Crippen molar-refractivity contribution >= 4 is 21.4 Å². The molecule has 3 rings (SSSR count). The molecule has 0 saturated carbocycles. The molecule has 1 amide bonds. The number of carbonyl (C=O) groups is 1. The fourth-order valence-corrected chi connectivity index (χ4v) is 4.12. The number of alkyl halides is 3. The summed E-state index contributed by atoms with van der Waals surface area (Å²) < 4.78 is 88.4. The molecule has 1 aliphatic heterocycles. The minimum absolute atomic E-state index is 0.0134. The van der Waals surface area contributed by atoms with E-state index in [0.717, 1.165) is 37.6 Å². The number of pyridine rings is 1. The van der Waals surface area contributed by atoms with Crippen LogP contribution in [0.5, 0.6) is 5.75 Å². The van der Waals surface area contributed by atoms with Gasteiger partial charge in [0.1, 0.15) is 17.7 Å². The summed E-state index contributed by atoms with van der Waals surface area (Å²) in [5.74, 6) is -2.73. The molecular formula is C20H20F4N2O5S. The van der Waals surface area contributed by atoms with Crippen LogP contribution in [0.25, 0.3) is 0 Å². The van der Waals surface area contributed by atoms with Gasteiger partial charge in [-0.2, -0.15) is 13.2 Å². The lowest BCUT2D eigenvalue weighted by molar-refractivity contribution is -0.261. The van der Waals surface area contributed by atoms with Crippen molar-refractivity contribution in [2.24, 2.45) is 0 Å². The fourth-order valence-electron chi connectivity index (χ4n) is 3.52. The maximum absolute atomic E-state index is 13.7. The molecular weight excluding hydrogens is 456 g/mol. The lowest BCUT2D eigenvalue weighted by atomic mass is 9.86. The Hall–Kier alpha value is -2.73. The lowest BCUT2D eigenvalue weighted by Crippen LogP contribution is -2.43. The average molecular weight is 476 g/mol. The van der Waals surface area contributed by atoms with Gasteiger partial charge in [-0.3, -0.25) is 4.79 Å². The SMILES string of the molecule is COc1cc(F)ccc1C1CC(C)(C(F)(F)F)OC1C(=O)Nc1ccnc(S(C)(=O)=O)c1. The Labute approximate surface area is 181 Å². The third-order valence-electron chi connectivity index (χ3n) is 5.20. The molecule has 1 saturated heterocycles. The molecule has 0 spiro atoms. The number of rotatable bonds is 5. The van der Waals surface area contributed by atoms with Gasteiger partial charge in [0.25, 0.3) is 5.91 Å². The number of hydrogen-bond acceptors (Lipinski definition) is 6. The molecule has 174 valence electrons. The Morgan fingerprint density at radius 3 is 2.56 bits per heavy atom. The van der Waals surface area contributed by atoms with Crippen molar-refractivity contribution in [1.82, 2.24) is 4.98 Å². The van der Waals surface area contributed by atoms with Gasteiger partial charge in [0, 0.05) is 35.7 Å². The van der Waals surface area contributed by atoms with Crippen LogP contribution in [0.4, 0.5) is 23.2 Å². The van der Waals surface area contributed by atoms with E-state index in [1.54, 1.807) is 0 Å². The number of benzene rings is 1. The number of halogens is 4.